The van der Waals surface area contributed by atoms with Gasteiger partial charge in [0.2, 0.25) is 5.91 Å². The summed E-state index contributed by atoms with van der Waals surface area (Å²) in [6, 6.07) is 0. The number of thiazole rings is 1. The van der Waals surface area contributed by atoms with Crippen LogP contribution in [0.25, 0.3) is 0 Å². The number of nitrogens with zero attached hydrogens (tertiary/aromatic N) is 1. The standard InChI is InChI=1S/C10H15N3O4S/c1-6-8(9(15)16-2)18-10(13-6)12-3-4-17-5-7(11)14/h3-5H2,1-2H3,(H2,11,14)(H,12,13). The molecule has 1 aromatic heterocycles. The molecular formula is C10H15N3O4S. The quantitative estimate of drug-likeness (QED) is 0.541. The normalized spacial score (nSPS) is 10.1. The number of rotatable bonds is 7. The van der Waals surface area contributed by atoms with Crippen LogP contribution in [-0.4, -0.2) is 43.7 Å². The zero-order valence-electron chi connectivity index (χ0n) is 10.2. The predicted molar refractivity (Wildman–Crippen MR) is 66.7 cm³/mol. The summed E-state index contributed by atoms with van der Waals surface area (Å²) in [7, 11) is 1.33. The van der Waals surface area contributed by atoms with Crippen molar-refractivity contribution in [2.45, 2.75) is 6.92 Å². The fraction of sp³-hybridized carbons (Fsp3) is 0.500. The van der Waals surface area contributed by atoms with Crippen LogP contribution in [0.1, 0.15) is 15.4 Å². The molecule has 7 nitrogen and oxygen atoms in total. The van der Waals surface area contributed by atoms with Crippen molar-refractivity contribution < 1.29 is 19.1 Å². The number of carbonyl (C=O) groups is 2. The maximum Gasteiger partial charge on any atom is 0.350 e. The van der Waals surface area contributed by atoms with Crippen LogP contribution in [0.2, 0.25) is 0 Å². The van der Waals surface area contributed by atoms with Gasteiger partial charge in [-0.2, -0.15) is 0 Å². The predicted octanol–water partition coefficient (Wildman–Crippen LogP) is 0.152. The van der Waals surface area contributed by atoms with E-state index >= 15 is 0 Å². The number of nitrogens with one attached hydrogen (secondary N) is 1. The van der Waals surface area contributed by atoms with Gasteiger partial charge < -0.3 is 20.5 Å². The molecule has 0 unspecified atom stereocenters. The lowest BCUT2D eigenvalue weighted by Crippen LogP contribution is -2.20. The van der Waals surface area contributed by atoms with E-state index in [4.69, 9.17) is 10.5 Å². The highest BCUT2D eigenvalue weighted by molar-refractivity contribution is 7.17. The fourth-order valence-electron chi connectivity index (χ4n) is 1.16. The molecule has 0 aliphatic carbocycles. The number of amides is 1. The monoisotopic (exact) mass is 273 g/mol. The number of aromatic nitrogens is 1. The Labute approximate surface area is 108 Å². The van der Waals surface area contributed by atoms with Gasteiger partial charge in [0.1, 0.15) is 11.5 Å². The molecule has 0 aliphatic rings. The molecule has 0 fully saturated rings. The van der Waals surface area contributed by atoms with E-state index in [9.17, 15) is 9.59 Å². The van der Waals surface area contributed by atoms with Crippen LogP contribution in [0.4, 0.5) is 5.13 Å². The molecule has 3 N–H and O–H groups in total. The van der Waals surface area contributed by atoms with Crippen molar-refractivity contribution >= 4 is 28.3 Å². The number of carbonyl (C=O) groups excluding carboxylic acids is 2. The van der Waals surface area contributed by atoms with Gasteiger partial charge in [0.25, 0.3) is 0 Å². The molecule has 0 spiro atoms. The summed E-state index contributed by atoms with van der Waals surface area (Å²) >= 11 is 1.21. The average Bonchev–Trinajstić information content (AvgIpc) is 2.69. The Morgan fingerprint density at radius 2 is 2.22 bits per heavy atom. The Bertz CT molecular complexity index is 433. The van der Waals surface area contributed by atoms with Crippen LogP contribution in [-0.2, 0) is 14.3 Å². The number of methoxy groups -OCH3 is 1. The van der Waals surface area contributed by atoms with Crippen molar-refractivity contribution in [3.05, 3.63) is 10.6 Å². The van der Waals surface area contributed by atoms with E-state index in [1.165, 1.54) is 18.4 Å². The molecule has 0 radical (unpaired) electrons. The number of hydrogen-bond donors (Lipinski definition) is 2. The summed E-state index contributed by atoms with van der Waals surface area (Å²) in [4.78, 5) is 26.4. The largest absolute Gasteiger partial charge is 0.465 e. The van der Waals surface area contributed by atoms with E-state index in [-0.39, 0.29) is 6.61 Å². The first kappa shape index (κ1) is 14.4. The first-order valence-corrected chi connectivity index (χ1v) is 6.02. The lowest BCUT2D eigenvalue weighted by atomic mass is 10.4. The topological polar surface area (TPSA) is 104 Å². The Hall–Kier alpha value is -1.67. The minimum Gasteiger partial charge on any atom is -0.465 e. The zero-order valence-corrected chi connectivity index (χ0v) is 11.0. The highest BCUT2D eigenvalue weighted by Gasteiger charge is 2.15. The molecule has 18 heavy (non-hydrogen) atoms. The molecule has 1 aromatic rings. The number of esters is 1. The highest BCUT2D eigenvalue weighted by Crippen LogP contribution is 2.22. The number of anilines is 1. The summed E-state index contributed by atoms with van der Waals surface area (Å²) in [5, 5.41) is 3.59. The van der Waals surface area contributed by atoms with Crippen LogP contribution < -0.4 is 11.1 Å². The highest BCUT2D eigenvalue weighted by atomic mass is 32.1. The Kier molecular flexibility index (Phi) is 5.53. The van der Waals surface area contributed by atoms with E-state index in [0.717, 1.165) is 0 Å². The van der Waals surface area contributed by atoms with Crippen molar-refractivity contribution in [3.8, 4) is 0 Å². The Morgan fingerprint density at radius 3 is 2.83 bits per heavy atom. The molecular weight excluding hydrogens is 258 g/mol. The third-order valence-corrected chi connectivity index (χ3v) is 3.03. The van der Waals surface area contributed by atoms with Gasteiger partial charge in [-0.1, -0.05) is 11.3 Å². The average molecular weight is 273 g/mol. The van der Waals surface area contributed by atoms with Crippen molar-refractivity contribution in [2.24, 2.45) is 5.73 Å². The molecule has 0 atom stereocenters. The lowest BCUT2D eigenvalue weighted by molar-refractivity contribution is -0.122. The maximum atomic E-state index is 11.3. The molecule has 0 saturated heterocycles. The summed E-state index contributed by atoms with van der Waals surface area (Å²) in [5.74, 6) is -0.906. The molecule has 0 aromatic carbocycles. The van der Waals surface area contributed by atoms with Crippen molar-refractivity contribution in [3.63, 3.8) is 0 Å². The van der Waals surface area contributed by atoms with Crippen LogP contribution in [0, 0.1) is 6.92 Å². The van der Waals surface area contributed by atoms with Gasteiger partial charge in [-0.3, -0.25) is 4.79 Å². The lowest BCUT2D eigenvalue weighted by Gasteiger charge is -2.02. The van der Waals surface area contributed by atoms with Crippen LogP contribution in [0.5, 0.6) is 0 Å². The fourth-order valence-corrected chi connectivity index (χ4v) is 2.07. The van der Waals surface area contributed by atoms with Crippen LogP contribution in [0.15, 0.2) is 0 Å². The molecule has 0 saturated carbocycles. The number of aryl methyl sites for hydroxylation is 1. The molecule has 8 heteroatoms. The van der Waals surface area contributed by atoms with Gasteiger partial charge >= 0.3 is 5.97 Å². The van der Waals surface area contributed by atoms with E-state index in [2.05, 4.69) is 15.0 Å². The second kappa shape index (κ2) is 6.92. The van der Waals surface area contributed by atoms with Gasteiger partial charge in [-0.25, -0.2) is 9.78 Å². The Balaban J connectivity index is 2.39. The summed E-state index contributed by atoms with van der Waals surface area (Å²) in [6.45, 7) is 2.43. The van der Waals surface area contributed by atoms with E-state index in [0.29, 0.717) is 28.9 Å². The maximum absolute atomic E-state index is 11.3. The molecule has 1 heterocycles. The Morgan fingerprint density at radius 1 is 1.50 bits per heavy atom. The number of ether oxygens (including phenoxy) is 2. The SMILES string of the molecule is COC(=O)c1sc(NCCOCC(N)=O)nc1C. The van der Waals surface area contributed by atoms with E-state index in [1.807, 2.05) is 0 Å². The van der Waals surface area contributed by atoms with Crippen molar-refractivity contribution in [1.82, 2.24) is 4.98 Å². The van der Waals surface area contributed by atoms with Crippen LogP contribution >= 0.6 is 11.3 Å². The van der Waals surface area contributed by atoms with Crippen molar-refractivity contribution in [2.75, 3.05) is 32.2 Å². The minimum atomic E-state index is -0.506. The smallest absolute Gasteiger partial charge is 0.350 e. The van der Waals surface area contributed by atoms with Gasteiger partial charge in [-0.05, 0) is 6.92 Å². The molecule has 100 valence electrons. The third kappa shape index (κ3) is 4.30. The second-order valence-corrected chi connectivity index (χ2v) is 4.37. The van der Waals surface area contributed by atoms with Gasteiger partial charge in [-0.15, -0.1) is 0 Å². The summed E-state index contributed by atoms with van der Waals surface area (Å²) < 4.78 is 9.60. The van der Waals surface area contributed by atoms with Crippen molar-refractivity contribution in [1.29, 1.82) is 0 Å². The third-order valence-electron chi connectivity index (χ3n) is 1.93. The van der Waals surface area contributed by atoms with E-state index in [1.54, 1.807) is 6.92 Å². The molecule has 1 amide bonds. The van der Waals surface area contributed by atoms with Gasteiger partial charge in [0.15, 0.2) is 5.13 Å². The zero-order chi connectivity index (χ0) is 13.5. The molecule has 1 rings (SSSR count). The van der Waals surface area contributed by atoms with Gasteiger partial charge in [0, 0.05) is 6.54 Å². The summed E-state index contributed by atoms with van der Waals surface area (Å²) in [5.41, 5.74) is 5.53. The second-order valence-electron chi connectivity index (χ2n) is 3.37. The minimum absolute atomic E-state index is 0.105. The van der Waals surface area contributed by atoms with Crippen LogP contribution in [0.3, 0.4) is 0 Å². The molecule has 0 aliphatic heterocycles. The first-order valence-electron chi connectivity index (χ1n) is 5.20. The summed E-state index contributed by atoms with van der Waals surface area (Å²) in [6.07, 6.45) is 0. The molecule has 0 bridgehead atoms. The van der Waals surface area contributed by atoms with E-state index < -0.39 is 11.9 Å². The van der Waals surface area contributed by atoms with Gasteiger partial charge in [0.05, 0.1) is 19.4 Å². The first-order chi connectivity index (χ1) is 8.54. The number of nitrogens with two attached hydrogens (primary N) is 1. The number of primary amides is 1. The number of hydrogen-bond acceptors (Lipinski definition) is 7.